The van der Waals surface area contributed by atoms with Crippen molar-refractivity contribution < 1.29 is 9.59 Å². The van der Waals surface area contributed by atoms with Crippen LogP contribution >= 0.6 is 11.6 Å². The van der Waals surface area contributed by atoms with Crippen LogP contribution < -0.4 is 10.6 Å². The van der Waals surface area contributed by atoms with Gasteiger partial charge in [-0.1, -0.05) is 11.6 Å². The Morgan fingerprint density at radius 3 is 2.87 bits per heavy atom. The van der Waals surface area contributed by atoms with Crippen LogP contribution in [0.25, 0.3) is 0 Å². The van der Waals surface area contributed by atoms with Gasteiger partial charge in [-0.2, -0.15) is 10.4 Å². The first kappa shape index (κ1) is 16.5. The summed E-state index contributed by atoms with van der Waals surface area (Å²) in [5.41, 5.74) is 0.544. The maximum absolute atomic E-state index is 11.9. The summed E-state index contributed by atoms with van der Waals surface area (Å²) in [5.74, 6) is -1.58. The van der Waals surface area contributed by atoms with Crippen molar-refractivity contribution >= 4 is 29.1 Å². The highest BCUT2D eigenvalue weighted by Crippen LogP contribution is 2.19. The molecule has 1 heterocycles. The standard InChI is InChI=1S/C15H14ClN5O2/c1-10(9-21-6-2-5-18-21)19-14(22)15(23)20-12-3-4-13(16)11(7-12)8-17/h2-7,10H,9H2,1H3,(H,19,22)(H,20,23). The van der Waals surface area contributed by atoms with E-state index in [1.165, 1.54) is 18.2 Å². The van der Waals surface area contributed by atoms with Crippen LogP contribution in [0.15, 0.2) is 36.7 Å². The molecule has 0 radical (unpaired) electrons. The number of hydrogen-bond acceptors (Lipinski definition) is 4. The van der Waals surface area contributed by atoms with E-state index in [4.69, 9.17) is 16.9 Å². The van der Waals surface area contributed by atoms with E-state index in [2.05, 4.69) is 15.7 Å². The lowest BCUT2D eigenvalue weighted by Gasteiger charge is -2.13. The molecule has 0 fully saturated rings. The Bertz CT molecular complexity index is 752. The van der Waals surface area contributed by atoms with Gasteiger partial charge in [0.2, 0.25) is 0 Å². The Labute approximate surface area is 137 Å². The Morgan fingerprint density at radius 2 is 2.22 bits per heavy atom. The van der Waals surface area contributed by atoms with Crippen molar-refractivity contribution in [1.82, 2.24) is 15.1 Å². The van der Waals surface area contributed by atoms with E-state index < -0.39 is 11.8 Å². The number of carbonyl (C=O) groups excluding carboxylic acids is 2. The van der Waals surface area contributed by atoms with Crippen LogP contribution in [0.5, 0.6) is 0 Å². The van der Waals surface area contributed by atoms with Crippen LogP contribution in [0.1, 0.15) is 12.5 Å². The highest BCUT2D eigenvalue weighted by atomic mass is 35.5. The Hall–Kier alpha value is -2.85. The van der Waals surface area contributed by atoms with Crippen molar-refractivity contribution in [2.45, 2.75) is 19.5 Å². The highest BCUT2D eigenvalue weighted by Gasteiger charge is 2.17. The number of halogens is 1. The van der Waals surface area contributed by atoms with Gasteiger partial charge in [0.05, 0.1) is 17.1 Å². The van der Waals surface area contributed by atoms with Gasteiger partial charge in [0, 0.05) is 24.1 Å². The van der Waals surface area contributed by atoms with Crippen molar-refractivity contribution in [3.05, 3.63) is 47.2 Å². The van der Waals surface area contributed by atoms with Crippen LogP contribution in [-0.2, 0) is 16.1 Å². The van der Waals surface area contributed by atoms with Gasteiger partial charge in [-0.25, -0.2) is 0 Å². The van der Waals surface area contributed by atoms with Gasteiger partial charge in [-0.05, 0) is 31.2 Å². The quantitative estimate of drug-likeness (QED) is 0.830. The second kappa shape index (κ2) is 7.42. The molecule has 0 saturated carbocycles. The van der Waals surface area contributed by atoms with Crippen LogP contribution in [-0.4, -0.2) is 27.6 Å². The van der Waals surface area contributed by atoms with Gasteiger partial charge in [0.1, 0.15) is 6.07 Å². The minimum Gasteiger partial charge on any atom is -0.344 e. The van der Waals surface area contributed by atoms with Gasteiger partial charge in [-0.15, -0.1) is 0 Å². The molecule has 2 aromatic rings. The fourth-order valence-electron chi connectivity index (χ4n) is 1.90. The number of amides is 2. The number of benzene rings is 1. The molecular formula is C15H14ClN5O2. The lowest BCUT2D eigenvalue weighted by atomic mass is 10.2. The molecule has 1 aromatic heterocycles. The molecular weight excluding hydrogens is 318 g/mol. The summed E-state index contributed by atoms with van der Waals surface area (Å²) in [4.78, 5) is 23.7. The second-order valence-corrected chi connectivity index (χ2v) is 5.27. The predicted molar refractivity (Wildman–Crippen MR) is 84.6 cm³/mol. The first-order valence-corrected chi connectivity index (χ1v) is 7.16. The number of nitrogens with one attached hydrogen (secondary N) is 2. The van der Waals surface area contributed by atoms with E-state index >= 15 is 0 Å². The lowest BCUT2D eigenvalue weighted by Crippen LogP contribution is -2.42. The Kier molecular flexibility index (Phi) is 5.33. The molecule has 8 heteroatoms. The Balaban J connectivity index is 1.92. The predicted octanol–water partition coefficient (Wildman–Crippen LogP) is 1.55. The molecule has 1 aromatic carbocycles. The number of hydrogen-bond donors (Lipinski definition) is 2. The number of nitrogens with zero attached hydrogens (tertiary/aromatic N) is 3. The number of rotatable bonds is 4. The molecule has 2 amide bonds. The summed E-state index contributed by atoms with van der Waals surface area (Å²) < 4.78 is 1.65. The van der Waals surface area contributed by atoms with Gasteiger partial charge in [-0.3, -0.25) is 14.3 Å². The summed E-state index contributed by atoms with van der Waals surface area (Å²) in [7, 11) is 0. The van der Waals surface area contributed by atoms with E-state index in [0.29, 0.717) is 12.2 Å². The van der Waals surface area contributed by atoms with Gasteiger partial charge >= 0.3 is 11.8 Å². The summed E-state index contributed by atoms with van der Waals surface area (Å²) in [5, 5.41) is 18.2. The average molecular weight is 332 g/mol. The van der Waals surface area contributed by atoms with E-state index in [0.717, 1.165) is 0 Å². The molecule has 0 spiro atoms. The monoisotopic (exact) mass is 331 g/mol. The van der Waals surface area contributed by atoms with E-state index in [-0.39, 0.29) is 16.6 Å². The number of anilines is 1. The van der Waals surface area contributed by atoms with Crippen molar-refractivity contribution in [2.75, 3.05) is 5.32 Å². The molecule has 1 unspecified atom stereocenters. The number of nitriles is 1. The summed E-state index contributed by atoms with van der Waals surface area (Å²) >= 11 is 5.81. The maximum Gasteiger partial charge on any atom is 0.313 e. The van der Waals surface area contributed by atoms with E-state index in [9.17, 15) is 9.59 Å². The van der Waals surface area contributed by atoms with Gasteiger partial charge < -0.3 is 10.6 Å². The lowest BCUT2D eigenvalue weighted by molar-refractivity contribution is -0.136. The zero-order valence-corrected chi connectivity index (χ0v) is 13.0. The van der Waals surface area contributed by atoms with E-state index in [1.54, 1.807) is 30.1 Å². The normalized spacial score (nSPS) is 11.3. The number of aromatic nitrogens is 2. The van der Waals surface area contributed by atoms with Crippen molar-refractivity contribution in [2.24, 2.45) is 0 Å². The zero-order chi connectivity index (χ0) is 16.8. The molecule has 0 saturated heterocycles. The van der Waals surface area contributed by atoms with Crippen LogP contribution in [0.4, 0.5) is 5.69 Å². The summed E-state index contributed by atoms with van der Waals surface area (Å²) in [6, 6.07) is 7.80. The third-order valence-electron chi connectivity index (χ3n) is 2.95. The number of carbonyl (C=O) groups is 2. The van der Waals surface area contributed by atoms with Crippen molar-refractivity contribution in [3.63, 3.8) is 0 Å². The van der Waals surface area contributed by atoms with Gasteiger partial charge in [0.25, 0.3) is 0 Å². The second-order valence-electron chi connectivity index (χ2n) is 4.86. The molecule has 1 atom stereocenters. The maximum atomic E-state index is 11.9. The fourth-order valence-corrected chi connectivity index (χ4v) is 2.06. The molecule has 7 nitrogen and oxygen atoms in total. The minimum atomic E-state index is -0.816. The zero-order valence-electron chi connectivity index (χ0n) is 12.3. The fraction of sp³-hybridized carbons (Fsp3) is 0.200. The van der Waals surface area contributed by atoms with Crippen LogP contribution in [0, 0.1) is 11.3 Å². The van der Waals surface area contributed by atoms with Crippen LogP contribution in [0.2, 0.25) is 5.02 Å². The molecule has 0 aliphatic carbocycles. The molecule has 0 aliphatic rings. The molecule has 0 aliphatic heterocycles. The average Bonchev–Trinajstić information content (AvgIpc) is 3.01. The van der Waals surface area contributed by atoms with E-state index in [1.807, 2.05) is 6.07 Å². The summed E-state index contributed by atoms with van der Waals surface area (Å²) in [6.45, 7) is 2.22. The largest absolute Gasteiger partial charge is 0.344 e. The summed E-state index contributed by atoms with van der Waals surface area (Å²) in [6.07, 6.45) is 3.40. The topological polar surface area (TPSA) is 99.8 Å². The smallest absolute Gasteiger partial charge is 0.313 e. The first-order chi connectivity index (χ1) is 11.0. The van der Waals surface area contributed by atoms with Crippen molar-refractivity contribution in [3.8, 4) is 6.07 Å². The SMILES string of the molecule is CC(Cn1cccn1)NC(=O)C(=O)Nc1ccc(Cl)c(C#N)c1. The van der Waals surface area contributed by atoms with Crippen molar-refractivity contribution in [1.29, 1.82) is 5.26 Å². The molecule has 118 valence electrons. The first-order valence-electron chi connectivity index (χ1n) is 6.78. The third-order valence-corrected chi connectivity index (χ3v) is 3.28. The Morgan fingerprint density at radius 1 is 1.43 bits per heavy atom. The third kappa shape index (κ3) is 4.56. The van der Waals surface area contributed by atoms with Gasteiger partial charge in [0.15, 0.2) is 0 Å². The molecule has 2 N–H and O–H groups in total. The van der Waals surface area contributed by atoms with Crippen LogP contribution in [0.3, 0.4) is 0 Å². The molecule has 2 rings (SSSR count). The molecule has 0 bridgehead atoms. The molecule has 23 heavy (non-hydrogen) atoms. The minimum absolute atomic E-state index is 0.219. The highest BCUT2D eigenvalue weighted by molar-refractivity contribution is 6.39.